The maximum atomic E-state index is 12.3. The van der Waals surface area contributed by atoms with E-state index in [1.165, 1.54) is 17.4 Å². The maximum absolute atomic E-state index is 12.3. The van der Waals surface area contributed by atoms with Crippen LogP contribution in [-0.2, 0) is 13.1 Å². The first kappa shape index (κ1) is 15.0. The quantitative estimate of drug-likeness (QED) is 0.860. The molecule has 120 valence electrons. The smallest absolute Gasteiger partial charge is 0.330 e. The highest BCUT2D eigenvalue weighted by atomic mass is 16.3. The Hall–Kier alpha value is -1.89. The number of nitrogens with zero attached hydrogens (tertiary/aromatic N) is 3. The highest BCUT2D eigenvalue weighted by Crippen LogP contribution is 2.34. The molecule has 2 heterocycles. The van der Waals surface area contributed by atoms with Crippen LogP contribution in [0.15, 0.2) is 9.59 Å². The Morgan fingerprint density at radius 1 is 1.23 bits per heavy atom. The van der Waals surface area contributed by atoms with Gasteiger partial charge in [-0.05, 0) is 19.3 Å². The lowest BCUT2D eigenvalue weighted by Crippen LogP contribution is -2.32. The van der Waals surface area contributed by atoms with E-state index in [4.69, 9.17) is 0 Å². The summed E-state index contributed by atoms with van der Waals surface area (Å²) in [6, 6.07) is 0. The first-order valence-corrected chi connectivity index (χ1v) is 8.01. The molecular weight excluding hydrogens is 284 g/mol. The summed E-state index contributed by atoms with van der Waals surface area (Å²) in [6.45, 7) is 2.74. The van der Waals surface area contributed by atoms with Gasteiger partial charge in [-0.15, -0.1) is 0 Å². The summed E-state index contributed by atoms with van der Waals surface area (Å²) in [5.74, 6) is 1.27. The van der Waals surface area contributed by atoms with Gasteiger partial charge in [-0.2, -0.15) is 0 Å². The monoisotopic (exact) mass is 306 g/mol. The highest BCUT2D eigenvalue weighted by molar-refractivity contribution is 5.71. The number of imidazole rings is 1. The Bertz CT molecular complexity index is 780. The number of aliphatic hydroxyl groups is 1. The number of hydrogen-bond donors (Lipinski definition) is 2. The summed E-state index contributed by atoms with van der Waals surface area (Å²) < 4.78 is 3.33. The molecule has 1 saturated carbocycles. The van der Waals surface area contributed by atoms with Gasteiger partial charge in [-0.3, -0.25) is 14.3 Å². The number of aromatic nitrogens is 4. The molecule has 1 aliphatic rings. The summed E-state index contributed by atoms with van der Waals surface area (Å²) in [6.07, 6.45) is 5.41. The van der Waals surface area contributed by atoms with Gasteiger partial charge in [0.2, 0.25) is 0 Å². The number of fused-ring (bicyclic) bond motifs is 1. The third-order valence-corrected chi connectivity index (χ3v) is 4.41. The predicted molar refractivity (Wildman–Crippen MR) is 83.2 cm³/mol. The molecule has 2 aromatic heterocycles. The second-order valence-corrected chi connectivity index (χ2v) is 5.91. The van der Waals surface area contributed by atoms with Gasteiger partial charge in [0, 0.05) is 12.5 Å². The highest BCUT2D eigenvalue weighted by Gasteiger charge is 2.26. The second kappa shape index (κ2) is 6.08. The van der Waals surface area contributed by atoms with Crippen molar-refractivity contribution >= 4 is 11.2 Å². The van der Waals surface area contributed by atoms with Crippen molar-refractivity contribution in [2.45, 2.75) is 58.0 Å². The molecule has 0 aliphatic heterocycles. The number of nitrogens with one attached hydrogen (secondary N) is 1. The average Bonchev–Trinajstić information content (AvgIpc) is 3.11. The van der Waals surface area contributed by atoms with Crippen LogP contribution in [0.4, 0.5) is 0 Å². The molecule has 0 atom stereocenters. The fraction of sp³-hybridized carbons (Fsp3) is 0.667. The molecule has 2 aromatic rings. The van der Waals surface area contributed by atoms with Crippen LogP contribution in [0.5, 0.6) is 0 Å². The summed E-state index contributed by atoms with van der Waals surface area (Å²) in [5, 5.41) is 9.18. The van der Waals surface area contributed by atoms with E-state index in [0.29, 0.717) is 23.6 Å². The zero-order valence-corrected chi connectivity index (χ0v) is 12.8. The molecule has 0 spiro atoms. The molecule has 0 unspecified atom stereocenters. The molecule has 22 heavy (non-hydrogen) atoms. The van der Waals surface area contributed by atoms with Crippen molar-refractivity contribution in [3.05, 3.63) is 26.7 Å². The lowest BCUT2D eigenvalue weighted by atomic mass is 10.1. The summed E-state index contributed by atoms with van der Waals surface area (Å²) in [5.41, 5.74) is -0.0417. The standard InChI is InChI=1S/C15H22N4O3/c1-2-7-18-11-13(16-12(18)10-5-3-4-6-10)19(8-9-20)15(22)17-14(11)21/h10,20H,2-9H2,1H3,(H,17,21,22). The van der Waals surface area contributed by atoms with E-state index in [2.05, 4.69) is 16.9 Å². The molecule has 0 radical (unpaired) electrons. The first-order valence-electron chi connectivity index (χ1n) is 8.01. The van der Waals surface area contributed by atoms with Crippen LogP contribution in [0, 0.1) is 0 Å². The Labute approximate surface area is 127 Å². The lowest BCUT2D eigenvalue weighted by molar-refractivity contribution is 0.275. The van der Waals surface area contributed by atoms with Crippen LogP contribution in [0.3, 0.4) is 0 Å². The van der Waals surface area contributed by atoms with Gasteiger partial charge in [0.25, 0.3) is 5.56 Å². The van der Waals surface area contributed by atoms with E-state index >= 15 is 0 Å². The molecule has 7 nitrogen and oxygen atoms in total. The van der Waals surface area contributed by atoms with Gasteiger partial charge in [-0.1, -0.05) is 19.8 Å². The van der Waals surface area contributed by atoms with E-state index in [1.807, 2.05) is 4.57 Å². The second-order valence-electron chi connectivity index (χ2n) is 5.91. The number of aromatic amines is 1. The molecule has 3 rings (SSSR count). The van der Waals surface area contributed by atoms with E-state index in [-0.39, 0.29) is 18.7 Å². The summed E-state index contributed by atoms with van der Waals surface area (Å²) in [4.78, 5) is 31.3. The molecule has 0 amide bonds. The number of hydrogen-bond acceptors (Lipinski definition) is 4. The number of aliphatic hydroxyl groups excluding tert-OH is 1. The van der Waals surface area contributed by atoms with Crippen LogP contribution in [0.2, 0.25) is 0 Å². The molecule has 1 aliphatic carbocycles. The molecule has 0 bridgehead atoms. The molecular formula is C15H22N4O3. The minimum Gasteiger partial charge on any atom is -0.395 e. The van der Waals surface area contributed by atoms with Crippen LogP contribution >= 0.6 is 0 Å². The first-order chi connectivity index (χ1) is 10.7. The number of H-pyrrole nitrogens is 1. The molecule has 0 aromatic carbocycles. The third kappa shape index (κ3) is 2.39. The van der Waals surface area contributed by atoms with Crippen molar-refractivity contribution in [2.24, 2.45) is 0 Å². The van der Waals surface area contributed by atoms with Gasteiger partial charge < -0.3 is 9.67 Å². The predicted octanol–water partition coefficient (Wildman–Crippen LogP) is 0.946. The van der Waals surface area contributed by atoms with Gasteiger partial charge >= 0.3 is 5.69 Å². The topological polar surface area (TPSA) is 92.9 Å². The third-order valence-electron chi connectivity index (χ3n) is 4.41. The number of rotatable bonds is 5. The lowest BCUT2D eigenvalue weighted by Gasteiger charge is -2.11. The SMILES string of the molecule is CCCn1c(C2CCCC2)nc2c1c(=O)[nH]c(=O)n2CCO. The van der Waals surface area contributed by atoms with Gasteiger partial charge in [0.1, 0.15) is 5.82 Å². The minimum atomic E-state index is -0.509. The average molecular weight is 306 g/mol. The minimum absolute atomic E-state index is 0.138. The zero-order chi connectivity index (χ0) is 15.7. The summed E-state index contributed by atoms with van der Waals surface area (Å²) >= 11 is 0. The van der Waals surface area contributed by atoms with Crippen LogP contribution in [0.25, 0.3) is 11.2 Å². The van der Waals surface area contributed by atoms with Crippen molar-refractivity contribution < 1.29 is 5.11 Å². The largest absolute Gasteiger partial charge is 0.395 e. The zero-order valence-electron chi connectivity index (χ0n) is 12.8. The van der Waals surface area contributed by atoms with Crippen molar-refractivity contribution in [1.29, 1.82) is 0 Å². The van der Waals surface area contributed by atoms with Gasteiger partial charge in [0.05, 0.1) is 13.2 Å². The molecule has 7 heteroatoms. The Kier molecular flexibility index (Phi) is 4.15. The van der Waals surface area contributed by atoms with Crippen molar-refractivity contribution in [3.8, 4) is 0 Å². The normalized spacial score (nSPS) is 15.9. The van der Waals surface area contributed by atoms with Gasteiger partial charge in [-0.25, -0.2) is 9.78 Å². The fourth-order valence-electron chi connectivity index (χ4n) is 3.44. The Balaban J connectivity index is 2.29. The van der Waals surface area contributed by atoms with Crippen molar-refractivity contribution in [2.75, 3.05) is 6.61 Å². The van der Waals surface area contributed by atoms with E-state index in [1.54, 1.807) is 0 Å². The van der Waals surface area contributed by atoms with Crippen LogP contribution < -0.4 is 11.2 Å². The molecule has 2 N–H and O–H groups in total. The van der Waals surface area contributed by atoms with E-state index < -0.39 is 5.69 Å². The van der Waals surface area contributed by atoms with Gasteiger partial charge in [0.15, 0.2) is 11.2 Å². The van der Waals surface area contributed by atoms with E-state index in [0.717, 1.165) is 25.1 Å². The van der Waals surface area contributed by atoms with Crippen molar-refractivity contribution in [1.82, 2.24) is 19.1 Å². The Morgan fingerprint density at radius 2 is 1.95 bits per heavy atom. The molecule has 0 saturated heterocycles. The summed E-state index contributed by atoms with van der Waals surface area (Å²) in [7, 11) is 0. The fourth-order valence-corrected chi connectivity index (χ4v) is 3.44. The Morgan fingerprint density at radius 3 is 2.59 bits per heavy atom. The van der Waals surface area contributed by atoms with E-state index in [9.17, 15) is 14.7 Å². The number of aryl methyl sites for hydroxylation is 1. The molecule has 1 fully saturated rings. The van der Waals surface area contributed by atoms with Crippen LogP contribution in [-0.4, -0.2) is 30.8 Å². The maximum Gasteiger partial charge on any atom is 0.330 e. The van der Waals surface area contributed by atoms with Crippen LogP contribution in [0.1, 0.15) is 50.8 Å². The van der Waals surface area contributed by atoms with Crippen molar-refractivity contribution in [3.63, 3.8) is 0 Å².